The molecule has 1 aromatic rings. The van der Waals surface area contributed by atoms with Crippen molar-refractivity contribution in [2.75, 3.05) is 13.6 Å². The van der Waals surface area contributed by atoms with E-state index in [0.29, 0.717) is 11.8 Å². The molecule has 1 fully saturated rings. The van der Waals surface area contributed by atoms with Gasteiger partial charge in [0.2, 0.25) is 0 Å². The van der Waals surface area contributed by atoms with Crippen LogP contribution in [-0.2, 0) is 0 Å². The zero-order valence-corrected chi connectivity index (χ0v) is 15.7. The quantitative estimate of drug-likeness (QED) is 0.420. The third kappa shape index (κ3) is 4.10. The number of oxime groups is 1. The number of hydrogen-bond donors (Lipinski definition) is 1. The molecule has 1 atom stereocenters. The van der Waals surface area contributed by atoms with Crippen LogP contribution in [-0.4, -0.2) is 29.4 Å². The molecule has 3 nitrogen and oxygen atoms in total. The molecule has 1 aliphatic heterocycles. The van der Waals surface area contributed by atoms with Gasteiger partial charge in [-0.15, -0.1) is 0 Å². The first-order valence-corrected chi connectivity index (χ1v) is 9.52. The molecule has 4 heteroatoms. The predicted octanol–water partition coefficient (Wildman–Crippen LogP) is 5.33. The highest BCUT2D eigenvalue weighted by Gasteiger charge is 2.28. The molecule has 24 heavy (non-hydrogen) atoms. The van der Waals surface area contributed by atoms with Crippen molar-refractivity contribution >= 4 is 21.6 Å². The number of halogens is 1. The van der Waals surface area contributed by atoms with Crippen molar-refractivity contribution in [2.24, 2.45) is 11.1 Å². The van der Waals surface area contributed by atoms with E-state index in [1.165, 1.54) is 31.2 Å². The van der Waals surface area contributed by atoms with Gasteiger partial charge in [-0.25, -0.2) is 0 Å². The molecule has 1 heterocycles. The summed E-state index contributed by atoms with van der Waals surface area (Å²) in [5.74, 6) is 1.09. The van der Waals surface area contributed by atoms with Crippen molar-refractivity contribution in [3.05, 3.63) is 58.2 Å². The van der Waals surface area contributed by atoms with Crippen LogP contribution in [0.5, 0.6) is 0 Å². The molecule has 0 radical (unpaired) electrons. The molecule has 0 bridgehead atoms. The van der Waals surface area contributed by atoms with Gasteiger partial charge < -0.3 is 10.1 Å². The van der Waals surface area contributed by atoms with E-state index in [2.05, 4.69) is 68.6 Å². The smallest absolute Gasteiger partial charge is 0.0888 e. The molecular weight excluding hydrogens is 364 g/mol. The van der Waals surface area contributed by atoms with Gasteiger partial charge in [-0.1, -0.05) is 58.2 Å². The van der Waals surface area contributed by atoms with Crippen LogP contribution in [0.2, 0.25) is 0 Å². The number of rotatable bonds is 5. The van der Waals surface area contributed by atoms with Crippen molar-refractivity contribution in [1.29, 1.82) is 0 Å². The van der Waals surface area contributed by atoms with Crippen LogP contribution in [0.3, 0.4) is 0 Å². The van der Waals surface area contributed by atoms with Crippen LogP contribution < -0.4 is 0 Å². The fourth-order valence-electron chi connectivity index (χ4n) is 3.90. The van der Waals surface area contributed by atoms with E-state index in [1.54, 1.807) is 0 Å². The third-order valence-electron chi connectivity index (χ3n) is 5.18. The largest absolute Gasteiger partial charge is 0.411 e. The van der Waals surface area contributed by atoms with E-state index in [1.807, 2.05) is 7.05 Å². The molecule has 1 aliphatic carbocycles. The number of hydrogen-bond acceptors (Lipinski definition) is 3. The van der Waals surface area contributed by atoms with Crippen LogP contribution in [0.15, 0.2) is 57.8 Å². The van der Waals surface area contributed by atoms with Crippen molar-refractivity contribution < 1.29 is 5.21 Å². The molecule has 3 rings (SSSR count). The first kappa shape index (κ1) is 17.3. The Bertz CT molecular complexity index is 642. The van der Waals surface area contributed by atoms with Gasteiger partial charge in [0, 0.05) is 36.3 Å². The number of likely N-dealkylation sites (N-methyl/N-ethyl adjacent to an activating group) is 1. The van der Waals surface area contributed by atoms with Gasteiger partial charge >= 0.3 is 0 Å². The summed E-state index contributed by atoms with van der Waals surface area (Å²) in [7, 11) is 2.04. The van der Waals surface area contributed by atoms with Gasteiger partial charge in [0.25, 0.3) is 0 Å². The third-order valence-corrected chi connectivity index (χ3v) is 5.71. The molecule has 0 saturated heterocycles. The van der Waals surface area contributed by atoms with Crippen molar-refractivity contribution in [3.63, 3.8) is 0 Å². The van der Waals surface area contributed by atoms with Crippen LogP contribution in [0.4, 0.5) is 0 Å². The van der Waals surface area contributed by atoms with Crippen molar-refractivity contribution in [3.8, 4) is 0 Å². The molecule has 0 aromatic heterocycles. The SMILES string of the molecule is CN1C=C(/C(CC(c2ccc(Br)cc2)C2CCCC2)=N/O)C=CC1. The van der Waals surface area contributed by atoms with E-state index in [4.69, 9.17) is 0 Å². The highest BCUT2D eigenvalue weighted by atomic mass is 79.9. The van der Waals surface area contributed by atoms with Gasteiger partial charge in [0.1, 0.15) is 0 Å². The lowest BCUT2D eigenvalue weighted by Crippen LogP contribution is -2.20. The first-order valence-electron chi connectivity index (χ1n) is 8.72. The second-order valence-electron chi connectivity index (χ2n) is 6.88. The van der Waals surface area contributed by atoms with Crippen LogP contribution >= 0.6 is 15.9 Å². The van der Waals surface area contributed by atoms with Gasteiger partial charge in [-0.2, -0.15) is 0 Å². The molecule has 2 aliphatic rings. The molecule has 1 N–H and O–H groups in total. The maximum atomic E-state index is 9.63. The van der Waals surface area contributed by atoms with E-state index in [-0.39, 0.29) is 0 Å². The summed E-state index contributed by atoms with van der Waals surface area (Å²) < 4.78 is 1.10. The summed E-state index contributed by atoms with van der Waals surface area (Å²) in [5, 5.41) is 13.3. The lowest BCUT2D eigenvalue weighted by Gasteiger charge is -2.26. The van der Waals surface area contributed by atoms with E-state index >= 15 is 0 Å². The monoisotopic (exact) mass is 388 g/mol. The minimum absolute atomic E-state index is 0.410. The average Bonchev–Trinajstić information content (AvgIpc) is 3.11. The predicted molar refractivity (Wildman–Crippen MR) is 103 cm³/mol. The fraction of sp³-hybridized carbons (Fsp3) is 0.450. The molecule has 1 unspecified atom stereocenters. The topological polar surface area (TPSA) is 35.8 Å². The molecule has 128 valence electrons. The Morgan fingerprint density at radius 1 is 1.29 bits per heavy atom. The number of benzene rings is 1. The minimum Gasteiger partial charge on any atom is -0.411 e. The second-order valence-corrected chi connectivity index (χ2v) is 7.80. The summed E-state index contributed by atoms with van der Waals surface area (Å²) in [6.45, 7) is 0.904. The van der Waals surface area contributed by atoms with Gasteiger partial charge in [0.05, 0.1) is 5.71 Å². The van der Waals surface area contributed by atoms with Crippen molar-refractivity contribution in [1.82, 2.24) is 4.90 Å². The molecule has 0 spiro atoms. The summed E-state index contributed by atoms with van der Waals surface area (Å²) in [4.78, 5) is 2.12. The normalized spacial score (nSPS) is 20.3. The van der Waals surface area contributed by atoms with Crippen LogP contribution in [0, 0.1) is 5.92 Å². The summed E-state index contributed by atoms with van der Waals surface area (Å²) in [6.07, 6.45) is 12.2. The van der Waals surface area contributed by atoms with Gasteiger partial charge in [0.15, 0.2) is 0 Å². The lowest BCUT2D eigenvalue weighted by atomic mass is 9.80. The highest BCUT2D eigenvalue weighted by molar-refractivity contribution is 9.10. The van der Waals surface area contributed by atoms with Gasteiger partial charge in [-0.3, -0.25) is 0 Å². The average molecular weight is 389 g/mol. The standard InChI is InChI=1S/C20H25BrN2O/c1-23-12-4-7-17(14-23)20(22-24)13-19(15-5-2-3-6-15)16-8-10-18(21)11-9-16/h4,7-11,14-15,19,24H,2-3,5-6,12-13H2,1H3/b22-20+. The number of allylic oxidation sites excluding steroid dienone is 2. The highest BCUT2D eigenvalue weighted by Crippen LogP contribution is 2.40. The van der Waals surface area contributed by atoms with E-state index in [0.717, 1.165) is 28.7 Å². The molecular formula is C20H25BrN2O. The Labute approximate surface area is 152 Å². The Morgan fingerprint density at radius 2 is 2.00 bits per heavy atom. The van der Waals surface area contributed by atoms with Gasteiger partial charge in [-0.05, 0) is 42.4 Å². The Kier molecular flexibility index (Phi) is 5.77. The Morgan fingerprint density at radius 3 is 2.62 bits per heavy atom. The summed E-state index contributed by atoms with van der Waals surface area (Å²) in [5.41, 5.74) is 3.16. The minimum atomic E-state index is 0.410. The first-order chi connectivity index (χ1) is 11.7. The van der Waals surface area contributed by atoms with Crippen LogP contribution in [0.1, 0.15) is 43.6 Å². The molecule has 1 aromatic carbocycles. The molecule has 1 saturated carbocycles. The summed E-state index contributed by atoms with van der Waals surface area (Å²) in [6, 6.07) is 8.64. The molecule has 0 amide bonds. The number of nitrogens with zero attached hydrogens (tertiary/aromatic N) is 2. The Balaban J connectivity index is 1.85. The summed E-state index contributed by atoms with van der Waals surface area (Å²) >= 11 is 3.52. The zero-order valence-electron chi connectivity index (χ0n) is 14.2. The van der Waals surface area contributed by atoms with Crippen LogP contribution in [0.25, 0.3) is 0 Å². The van der Waals surface area contributed by atoms with E-state index in [9.17, 15) is 5.21 Å². The zero-order chi connectivity index (χ0) is 16.9. The lowest BCUT2D eigenvalue weighted by molar-refractivity contribution is 0.315. The Hall–Kier alpha value is -1.55. The second kappa shape index (κ2) is 8.02. The maximum Gasteiger partial charge on any atom is 0.0888 e. The fourth-order valence-corrected chi connectivity index (χ4v) is 4.17. The van der Waals surface area contributed by atoms with E-state index < -0.39 is 0 Å². The maximum absolute atomic E-state index is 9.63. The van der Waals surface area contributed by atoms with Crippen molar-refractivity contribution in [2.45, 2.75) is 38.0 Å².